The van der Waals surface area contributed by atoms with Crippen LogP contribution in [0.3, 0.4) is 0 Å². The summed E-state index contributed by atoms with van der Waals surface area (Å²) in [6.45, 7) is 6.72. The maximum absolute atomic E-state index is 12.1. The molecule has 2 rings (SSSR count). The normalized spacial score (nSPS) is 19.1. The Hall–Kier alpha value is -0.750. The lowest BCUT2D eigenvalue weighted by Gasteiger charge is -2.31. The number of amides is 2. The Morgan fingerprint density at radius 1 is 1.55 bits per heavy atom. The molecule has 0 radical (unpaired) electrons. The minimum atomic E-state index is 0.0784. The third kappa shape index (κ3) is 4.38. The van der Waals surface area contributed by atoms with E-state index in [4.69, 9.17) is 0 Å². The van der Waals surface area contributed by atoms with E-state index in [1.54, 1.807) is 11.3 Å². The topological polar surface area (TPSA) is 45.2 Å². The molecule has 0 saturated carbocycles. The highest BCUT2D eigenvalue weighted by Crippen LogP contribution is 2.20. The van der Waals surface area contributed by atoms with Crippen LogP contribution < -0.4 is 5.32 Å². The fourth-order valence-corrected chi connectivity index (χ4v) is 4.15. The van der Waals surface area contributed by atoms with Gasteiger partial charge in [0.15, 0.2) is 0 Å². The highest BCUT2D eigenvalue weighted by atomic mass is 32.2. The zero-order valence-corrected chi connectivity index (χ0v) is 13.9. The number of carbonyl (C=O) groups excluding carboxylic acids is 1. The number of rotatable bonds is 5. The van der Waals surface area contributed by atoms with Gasteiger partial charge < -0.3 is 10.2 Å². The van der Waals surface area contributed by atoms with Crippen LogP contribution in [0, 0.1) is 0 Å². The van der Waals surface area contributed by atoms with E-state index in [2.05, 4.69) is 29.5 Å². The van der Waals surface area contributed by atoms with Crippen molar-refractivity contribution in [3.05, 3.63) is 16.1 Å². The van der Waals surface area contributed by atoms with E-state index in [9.17, 15) is 4.79 Å². The van der Waals surface area contributed by atoms with Crippen LogP contribution in [0.25, 0.3) is 0 Å². The Bertz CT molecular complexity index is 436. The minimum Gasteiger partial charge on any atom is -0.338 e. The predicted octanol–water partition coefficient (Wildman–Crippen LogP) is 2.79. The zero-order valence-electron chi connectivity index (χ0n) is 12.2. The molecule has 1 N–H and O–H groups in total. The second kappa shape index (κ2) is 7.88. The molecule has 1 fully saturated rings. The summed E-state index contributed by atoms with van der Waals surface area (Å²) in [5, 5.41) is 6.88. The highest BCUT2D eigenvalue weighted by Gasteiger charge is 2.22. The number of urea groups is 1. The summed E-state index contributed by atoms with van der Waals surface area (Å²) in [7, 11) is 0. The Balaban J connectivity index is 1.71. The molecule has 1 aliphatic rings. The summed E-state index contributed by atoms with van der Waals surface area (Å²) in [5.41, 5.74) is 1.09. The molecule has 4 nitrogen and oxygen atoms in total. The summed E-state index contributed by atoms with van der Waals surface area (Å²) in [5.74, 6) is 1.05. The molecule has 0 spiro atoms. The number of aromatic nitrogens is 1. The number of nitrogens with zero attached hydrogens (tertiary/aromatic N) is 2. The largest absolute Gasteiger partial charge is 0.338 e. The Kier molecular flexibility index (Phi) is 6.16. The number of thioether (sulfide) groups is 1. The van der Waals surface area contributed by atoms with Crippen molar-refractivity contribution < 1.29 is 4.79 Å². The molecule has 1 aromatic rings. The van der Waals surface area contributed by atoms with E-state index >= 15 is 0 Å². The first kappa shape index (κ1) is 15.6. The Labute approximate surface area is 129 Å². The van der Waals surface area contributed by atoms with Gasteiger partial charge in [0.05, 0.1) is 10.7 Å². The molecular formula is C14H23N3OS2. The van der Waals surface area contributed by atoms with Gasteiger partial charge >= 0.3 is 6.03 Å². The fourth-order valence-electron chi connectivity index (χ4n) is 2.19. The summed E-state index contributed by atoms with van der Waals surface area (Å²) >= 11 is 3.68. The molecule has 6 heteroatoms. The summed E-state index contributed by atoms with van der Waals surface area (Å²) in [6.07, 6.45) is 2.94. The van der Waals surface area contributed by atoms with E-state index < -0.39 is 0 Å². The first-order valence-electron chi connectivity index (χ1n) is 7.30. The van der Waals surface area contributed by atoms with E-state index in [0.717, 1.165) is 43.8 Å². The van der Waals surface area contributed by atoms with Gasteiger partial charge in [0.1, 0.15) is 0 Å². The lowest BCUT2D eigenvalue weighted by atomic mass is 10.3. The van der Waals surface area contributed by atoms with Gasteiger partial charge in [-0.1, -0.05) is 13.8 Å². The molecule has 1 atom stereocenters. The molecule has 2 heterocycles. The monoisotopic (exact) mass is 313 g/mol. The molecule has 0 aliphatic carbocycles. The van der Waals surface area contributed by atoms with Crippen molar-refractivity contribution in [2.24, 2.45) is 0 Å². The van der Waals surface area contributed by atoms with Gasteiger partial charge in [-0.25, -0.2) is 9.78 Å². The van der Waals surface area contributed by atoms with Gasteiger partial charge in [0, 0.05) is 42.4 Å². The Morgan fingerprint density at radius 3 is 3.10 bits per heavy atom. The van der Waals surface area contributed by atoms with Crippen LogP contribution in [0.1, 0.15) is 31.0 Å². The molecule has 1 unspecified atom stereocenters. The minimum absolute atomic E-state index is 0.0784. The van der Waals surface area contributed by atoms with Gasteiger partial charge in [0.25, 0.3) is 0 Å². The van der Waals surface area contributed by atoms with E-state index in [-0.39, 0.29) is 6.03 Å². The van der Waals surface area contributed by atoms with E-state index in [0.29, 0.717) is 11.8 Å². The van der Waals surface area contributed by atoms with E-state index in [1.807, 2.05) is 16.7 Å². The zero-order chi connectivity index (χ0) is 14.4. The SMILES string of the molecule is CCc1nc(CCNC(=O)N2CCSC(CC)C2)cs1. The molecule has 2 amide bonds. The van der Waals surface area contributed by atoms with Gasteiger partial charge in [0.2, 0.25) is 0 Å². The van der Waals surface area contributed by atoms with Crippen molar-refractivity contribution >= 4 is 29.1 Å². The number of thiazole rings is 1. The van der Waals surface area contributed by atoms with Crippen LogP contribution in [-0.4, -0.2) is 46.6 Å². The summed E-state index contributed by atoms with van der Waals surface area (Å²) in [4.78, 5) is 18.6. The van der Waals surface area contributed by atoms with Crippen LogP contribution in [-0.2, 0) is 12.8 Å². The Morgan fingerprint density at radius 2 is 2.40 bits per heavy atom. The van der Waals surface area contributed by atoms with Gasteiger partial charge in [-0.15, -0.1) is 11.3 Å². The lowest BCUT2D eigenvalue weighted by molar-refractivity contribution is 0.199. The standard InChI is InChI=1S/C14H23N3OS2/c1-3-12-9-17(7-8-19-12)14(18)15-6-5-11-10-20-13(4-2)16-11/h10,12H,3-9H2,1-2H3,(H,15,18). The third-order valence-corrected chi connectivity index (χ3v) is 5.85. The third-order valence-electron chi connectivity index (χ3n) is 3.44. The number of aryl methyl sites for hydroxylation is 1. The average molecular weight is 313 g/mol. The van der Waals surface area contributed by atoms with Crippen molar-refractivity contribution in [3.8, 4) is 0 Å². The number of hydrogen-bond acceptors (Lipinski definition) is 4. The summed E-state index contributed by atoms with van der Waals surface area (Å²) < 4.78 is 0. The lowest BCUT2D eigenvalue weighted by Crippen LogP contribution is -2.47. The molecular weight excluding hydrogens is 290 g/mol. The molecule has 0 bridgehead atoms. The van der Waals surface area contributed by atoms with Gasteiger partial charge in [-0.2, -0.15) is 11.8 Å². The van der Waals surface area contributed by atoms with Gasteiger partial charge in [-0.3, -0.25) is 0 Å². The van der Waals surface area contributed by atoms with Crippen molar-refractivity contribution in [2.75, 3.05) is 25.4 Å². The van der Waals surface area contributed by atoms with Crippen LogP contribution in [0.2, 0.25) is 0 Å². The van der Waals surface area contributed by atoms with Crippen LogP contribution >= 0.6 is 23.1 Å². The number of nitrogens with one attached hydrogen (secondary N) is 1. The van der Waals surface area contributed by atoms with Crippen molar-refractivity contribution in [1.29, 1.82) is 0 Å². The molecule has 1 saturated heterocycles. The predicted molar refractivity (Wildman–Crippen MR) is 86.7 cm³/mol. The van der Waals surface area contributed by atoms with Gasteiger partial charge in [-0.05, 0) is 12.8 Å². The molecule has 112 valence electrons. The molecule has 0 aromatic carbocycles. The fraction of sp³-hybridized carbons (Fsp3) is 0.714. The van der Waals surface area contributed by atoms with Crippen molar-refractivity contribution in [1.82, 2.24) is 15.2 Å². The number of hydrogen-bond donors (Lipinski definition) is 1. The number of carbonyl (C=O) groups is 1. The van der Waals surface area contributed by atoms with Crippen molar-refractivity contribution in [3.63, 3.8) is 0 Å². The average Bonchev–Trinajstić information content (AvgIpc) is 2.95. The quantitative estimate of drug-likeness (QED) is 0.909. The second-order valence-electron chi connectivity index (χ2n) is 4.92. The smallest absolute Gasteiger partial charge is 0.317 e. The van der Waals surface area contributed by atoms with Crippen LogP contribution in [0.4, 0.5) is 4.79 Å². The molecule has 1 aliphatic heterocycles. The van der Waals surface area contributed by atoms with E-state index in [1.165, 1.54) is 5.01 Å². The maximum Gasteiger partial charge on any atom is 0.317 e. The van der Waals surface area contributed by atoms with Crippen LogP contribution in [0.15, 0.2) is 5.38 Å². The summed E-state index contributed by atoms with van der Waals surface area (Å²) in [6, 6.07) is 0.0784. The van der Waals surface area contributed by atoms with Crippen molar-refractivity contribution in [2.45, 2.75) is 38.4 Å². The molecule has 1 aromatic heterocycles. The highest BCUT2D eigenvalue weighted by molar-refractivity contribution is 8.00. The first-order valence-corrected chi connectivity index (χ1v) is 9.23. The first-order chi connectivity index (χ1) is 9.72. The van der Waals surface area contributed by atoms with Crippen LogP contribution in [0.5, 0.6) is 0 Å². The second-order valence-corrected chi connectivity index (χ2v) is 7.27. The molecule has 20 heavy (non-hydrogen) atoms. The maximum atomic E-state index is 12.1.